The van der Waals surface area contributed by atoms with Crippen molar-refractivity contribution in [2.75, 3.05) is 11.1 Å². The third-order valence-corrected chi connectivity index (χ3v) is 3.09. The number of benzene rings is 1. The number of nitrogens with two attached hydrogens (primary N) is 1. The number of anilines is 2. The molecule has 1 unspecified atom stereocenters. The maximum Gasteiger partial charge on any atom is 0.152 e. The van der Waals surface area contributed by atoms with E-state index in [1.165, 1.54) is 0 Å². The molecule has 3 N–H and O–H groups in total. The summed E-state index contributed by atoms with van der Waals surface area (Å²) in [6.45, 7) is 2.08. The minimum Gasteiger partial charge on any atom is -0.399 e. The topological polar surface area (TPSA) is 68.2 Å². The summed E-state index contributed by atoms with van der Waals surface area (Å²) in [7, 11) is 0. The third kappa shape index (κ3) is 2.22. The van der Waals surface area contributed by atoms with E-state index in [2.05, 4.69) is 22.3 Å². The summed E-state index contributed by atoms with van der Waals surface area (Å²) < 4.78 is 1.79. The normalized spacial score (nSPS) is 12.5. The lowest BCUT2D eigenvalue weighted by Crippen LogP contribution is -2.09. The number of fused-ring (bicyclic) bond motifs is 1. The van der Waals surface area contributed by atoms with Crippen LogP contribution in [0, 0.1) is 0 Å². The highest BCUT2D eigenvalue weighted by Crippen LogP contribution is 2.22. The Bertz CT molecular complexity index is 704. The van der Waals surface area contributed by atoms with Crippen LogP contribution in [0.25, 0.3) is 5.52 Å². The summed E-state index contributed by atoms with van der Waals surface area (Å²) in [4.78, 5) is 4.36. The van der Waals surface area contributed by atoms with Crippen molar-refractivity contribution in [2.45, 2.75) is 13.0 Å². The summed E-state index contributed by atoms with van der Waals surface area (Å²) in [5, 5.41) is 7.58. The molecule has 0 fully saturated rings. The minimum absolute atomic E-state index is 0.122. The zero-order valence-corrected chi connectivity index (χ0v) is 10.6. The van der Waals surface area contributed by atoms with E-state index in [9.17, 15) is 0 Å². The van der Waals surface area contributed by atoms with Gasteiger partial charge in [0.1, 0.15) is 5.52 Å². The first kappa shape index (κ1) is 11.5. The minimum atomic E-state index is 0.122. The highest BCUT2D eigenvalue weighted by Gasteiger charge is 2.09. The molecule has 1 aromatic carbocycles. The van der Waals surface area contributed by atoms with E-state index in [0.717, 1.165) is 22.6 Å². The summed E-state index contributed by atoms with van der Waals surface area (Å²) in [6.07, 6.45) is 5.31. The molecule has 3 rings (SSSR count). The van der Waals surface area contributed by atoms with Gasteiger partial charge in [0, 0.05) is 18.1 Å². The van der Waals surface area contributed by atoms with E-state index in [1.54, 1.807) is 16.9 Å². The second-order valence-electron chi connectivity index (χ2n) is 4.47. The number of nitrogens with zero attached hydrogens (tertiary/aromatic N) is 3. The van der Waals surface area contributed by atoms with E-state index >= 15 is 0 Å². The zero-order chi connectivity index (χ0) is 13.2. The van der Waals surface area contributed by atoms with E-state index in [-0.39, 0.29) is 6.04 Å². The van der Waals surface area contributed by atoms with E-state index in [4.69, 9.17) is 5.73 Å². The molecule has 2 aromatic heterocycles. The Labute approximate surface area is 111 Å². The van der Waals surface area contributed by atoms with Crippen LogP contribution in [0.4, 0.5) is 11.5 Å². The van der Waals surface area contributed by atoms with E-state index < -0.39 is 0 Å². The highest BCUT2D eigenvalue weighted by atomic mass is 15.2. The van der Waals surface area contributed by atoms with Crippen LogP contribution in [-0.2, 0) is 0 Å². The number of rotatable bonds is 3. The van der Waals surface area contributed by atoms with Crippen LogP contribution in [0.3, 0.4) is 0 Å². The molecule has 0 bridgehead atoms. The van der Waals surface area contributed by atoms with Gasteiger partial charge in [-0.3, -0.25) is 0 Å². The van der Waals surface area contributed by atoms with Crippen molar-refractivity contribution in [2.24, 2.45) is 0 Å². The van der Waals surface area contributed by atoms with Gasteiger partial charge in [-0.15, -0.1) is 0 Å². The smallest absolute Gasteiger partial charge is 0.152 e. The van der Waals surface area contributed by atoms with Gasteiger partial charge in [-0.2, -0.15) is 5.10 Å². The maximum absolute atomic E-state index is 5.81. The molecule has 0 saturated carbocycles. The van der Waals surface area contributed by atoms with Gasteiger partial charge < -0.3 is 11.1 Å². The van der Waals surface area contributed by atoms with Crippen LogP contribution in [0.15, 0.2) is 48.9 Å². The number of nitrogen functional groups attached to an aromatic ring is 1. The van der Waals surface area contributed by atoms with Crippen LogP contribution in [0.5, 0.6) is 0 Å². The summed E-state index contributed by atoms with van der Waals surface area (Å²) in [6, 6.07) is 9.90. The summed E-state index contributed by atoms with van der Waals surface area (Å²) in [5.41, 5.74) is 8.66. The average Bonchev–Trinajstić information content (AvgIpc) is 2.88. The molecule has 0 radical (unpaired) electrons. The quantitative estimate of drug-likeness (QED) is 0.704. The molecule has 0 spiro atoms. The predicted octanol–water partition coefficient (Wildman–Crippen LogP) is 2.48. The van der Waals surface area contributed by atoms with Crippen LogP contribution < -0.4 is 11.1 Å². The monoisotopic (exact) mass is 253 g/mol. The van der Waals surface area contributed by atoms with Crippen molar-refractivity contribution in [1.29, 1.82) is 0 Å². The molecule has 96 valence electrons. The number of nitrogens with one attached hydrogen (secondary N) is 1. The molecule has 3 aromatic rings. The Balaban J connectivity index is 1.90. The van der Waals surface area contributed by atoms with Gasteiger partial charge >= 0.3 is 0 Å². The fourth-order valence-corrected chi connectivity index (χ4v) is 2.09. The van der Waals surface area contributed by atoms with E-state index in [1.807, 2.05) is 36.5 Å². The van der Waals surface area contributed by atoms with Gasteiger partial charge in [-0.1, -0.05) is 12.1 Å². The Kier molecular flexibility index (Phi) is 2.79. The maximum atomic E-state index is 5.81. The first-order valence-electron chi connectivity index (χ1n) is 6.14. The Morgan fingerprint density at radius 2 is 2.16 bits per heavy atom. The lowest BCUT2D eigenvalue weighted by Gasteiger charge is -2.15. The average molecular weight is 253 g/mol. The van der Waals surface area contributed by atoms with Crippen molar-refractivity contribution in [3.05, 3.63) is 54.5 Å². The fraction of sp³-hybridized carbons (Fsp3) is 0.143. The van der Waals surface area contributed by atoms with Crippen molar-refractivity contribution in [3.8, 4) is 0 Å². The van der Waals surface area contributed by atoms with Gasteiger partial charge in [0.05, 0.1) is 12.2 Å². The van der Waals surface area contributed by atoms with Gasteiger partial charge in [0.15, 0.2) is 5.82 Å². The number of hydrogen-bond donors (Lipinski definition) is 2. The predicted molar refractivity (Wildman–Crippen MR) is 75.9 cm³/mol. The highest BCUT2D eigenvalue weighted by molar-refractivity contribution is 5.67. The first-order chi connectivity index (χ1) is 9.24. The van der Waals surface area contributed by atoms with Crippen LogP contribution >= 0.6 is 0 Å². The molecule has 0 aliphatic rings. The fourth-order valence-electron chi connectivity index (χ4n) is 2.09. The molecule has 5 heteroatoms. The van der Waals surface area contributed by atoms with Crippen molar-refractivity contribution >= 4 is 17.0 Å². The van der Waals surface area contributed by atoms with Gasteiger partial charge in [-0.05, 0) is 30.7 Å². The van der Waals surface area contributed by atoms with Gasteiger partial charge in [0.25, 0.3) is 0 Å². The number of hydrogen-bond acceptors (Lipinski definition) is 4. The molecule has 5 nitrogen and oxygen atoms in total. The molecule has 1 atom stereocenters. The Morgan fingerprint density at radius 1 is 1.26 bits per heavy atom. The molecule has 0 aliphatic heterocycles. The van der Waals surface area contributed by atoms with Crippen LogP contribution in [-0.4, -0.2) is 14.6 Å². The van der Waals surface area contributed by atoms with Crippen LogP contribution in [0.2, 0.25) is 0 Å². The largest absolute Gasteiger partial charge is 0.399 e. The molecular formula is C14H15N5. The summed E-state index contributed by atoms with van der Waals surface area (Å²) in [5.74, 6) is 0.815. The second-order valence-corrected chi connectivity index (χ2v) is 4.47. The lowest BCUT2D eigenvalue weighted by molar-refractivity contribution is 0.867. The molecule has 0 saturated heterocycles. The third-order valence-electron chi connectivity index (χ3n) is 3.09. The molecule has 19 heavy (non-hydrogen) atoms. The lowest BCUT2D eigenvalue weighted by atomic mass is 10.1. The van der Waals surface area contributed by atoms with Gasteiger partial charge in [-0.25, -0.2) is 9.50 Å². The van der Waals surface area contributed by atoms with Crippen molar-refractivity contribution in [3.63, 3.8) is 0 Å². The first-order valence-corrected chi connectivity index (χ1v) is 6.14. The molecule has 0 aliphatic carbocycles. The van der Waals surface area contributed by atoms with Crippen LogP contribution in [0.1, 0.15) is 18.5 Å². The summed E-state index contributed by atoms with van der Waals surface area (Å²) >= 11 is 0. The SMILES string of the molecule is CC(Nc1nccn2nccc12)c1cccc(N)c1. The van der Waals surface area contributed by atoms with E-state index in [0.29, 0.717) is 0 Å². The van der Waals surface area contributed by atoms with Crippen molar-refractivity contribution < 1.29 is 0 Å². The Hall–Kier alpha value is -2.56. The Morgan fingerprint density at radius 3 is 3.00 bits per heavy atom. The molecule has 2 heterocycles. The second kappa shape index (κ2) is 4.61. The molecule has 0 amide bonds. The van der Waals surface area contributed by atoms with Gasteiger partial charge in [0.2, 0.25) is 0 Å². The zero-order valence-electron chi connectivity index (χ0n) is 10.6. The standard InChI is InChI=1S/C14H15N5/c1-10(11-3-2-4-12(15)9-11)18-14-13-5-6-17-19(13)8-7-16-14/h2-10H,15H2,1H3,(H,16,18). The number of aromatic nitrogens is 3. The van der Waals surface area contributed by atoms with Crippen molar-refractivity contribution in [1.82, 2.24) is 14.6 Å². The molecular weight excluding hydrogens is 238 g/mol.